The molecule has 0 fully saturated rings. The van der Waals surface area contributed by atoms with Gasteiger partial charge in [0.05, 0.1) is 11.7 Å². The van der Waals surface area contributed by atoms with Crippen molar-refractivity contribution in [2.24, 2.45) is 5.10 Å². The van der Waals surface area contributed by atoms with Gasteiger partial charge in [0, 0.05) is 16.1 Å². The Kier molecular flexibility index (Phi) is 4.09. The highest BCUT2D eigenvalue weighted by molar-refractivity contribution is 7.25. The summed E-state index contributed by atoms with van der Waals surface area (Å²) in [6, 6.07) is 9.25. The predicted octanol–water partition coefficient (Wildman–Crippen LogP) is 4.47. The fraction of sp³-hybridized carbons (Fsp3) is 0.158. The Labute approximate surface area is 158 Å². The van der Waals surface area contributed by atoms with Crippen LogP contribution in [0.3, 0.4) is 0 Å². The number of aryl methyl sites for hydroxylation is 3. The molecule has 0 saturated heterocycles. The summed E-state index contributed by atoms with van der Waals surface area (Å²) in [5, 5.41) is 5.93. The van der Waals surface area contributed by atoms with E-state index in [0.29, 0.717) is 21.1 Å². The number of aromatic nitrogens is 3. The molecule has 0 bridgehead atoms. The van der Waals surface area contributed by atoms with Gasteiger partial charge in [0.25, 0.3) is 5.56 Å². The van der Waals surface area contributed by atoms with Gasteiger partial charge in [-0.3, -0.25) is 4.79 Å². The maximum absolute atomic E-state index is 13.0. The molecule has 3 aromatic heterocycles. The maximum atomic E-state index is 13.0. The monoisotopic (exact) mass is 382 g/mol. The van der Waals surface area contributed by atoms with Crippen LogP contribution in [-0.2, 0) is 0 Å². The van der Waals surface area contributed by atoms with Crippen LogP contribution in [0.15, 0.2) is 40.2 Å². The lowest BCUT2D eigenvalue weighted by Gasteiger charge is -2.04. The Morgan fingerprint density at radius 2 is 1.88 bits per heavy atom. The van der Waals surface area contributed by atoms with E-state index in [9.17, 15) is 4.79 Å². The first-order chi connectivity index (χ1) is 12.4. The molecule has 0 spiro atoms. The Balaban J connectivity index is 1.91. The molecule has 0 radical (unpaired) electrons. The molecule has 5 nitrogen and oxygen atoms in total. The Hall–Kier alpha value is -2.57. The minimum atomic E-state index is -0.183. The fourth-order valence-electron chi connectivity index (χ4n) is 2.94. The van der Waals surface area contributed by atoms with Crippen molar-refractivity contribution in [3.8, 4) is 0 Å². The van der Waals surface area contributed by atoms with Crippen molar-refractivity contribution in [2.45, 2.75) is 20.8 Å². The molecule has 0 unspecified atom stereocenters. The van der Waals surface area contributed by atoms with E-state index in [2.05, 4.69) is 15.1 Å². The van der Waals surface area contributed by atoms with Crippen LogP contribution >= 0.6 is 22.9 Å². The lowest BCUT2D eigenvalue weighted by atomic mass is 10.1. The summed E-state index contributed by atoms with van der Waals surface area (Å²) >= 11 is 7.26. The Bertz CT molecular complexity index is 1240. The third kappa shape index (κ3) is 2.81. The number of hydrogen-bond acceptors (Lipinski definition) is 5. The van der Waals surface area contributed by atoms with Crippen LogP contribution < -0.4 is 5.56 Å². The summed E-state index contributed by atoms with van der Waals surface area (Å²) in [6.45, 7) is 5.75. The van der Waals surface area contributed by atoms with Crippen LogP contribution in [0.2, 0.25) is 5.02 Å². The quantitative estimate of drug-likeness (QED) is 0.480. The van der Waals surface area contributed by atoms with E-state index >= 15 is 0 Å². The zero-order chi connectivity index (χ0) is 18.4. The van der Waals surface area contributed by atoms with Crippen LogP contribution in [0, 0.1) is 20.8 Å². The van der Waals surface area contributed by atoms with Crippen LogP contribution in [0.1, 0.15) is 22.6 Å². The van der Waals surface area contributed by atoms with Crippen molar-refractivity contribution in [2.75, 3.05) is 0 Å². The topological polar surface area (TPSA) is 60.1 Å². The summed E-state index contributed by atoms with van der Waals surface area (Å²) in [6.07, 6.45) is 1.62. The van der Waals surface area contributed by atoms with Gasteiger partial charge in [0.15, 0.2) is 0 Å². The molecule has 130 valence electrons. The predicted molar refractivity (Wildman–Crippen MR) is 108 cm³/mol. The molecule has 0 aliphatic rings. The van der Waals surface area contributed by atoms with Gasteiger partial charge in [-0.2, -0.15) is 9.78 Å². The molecule has 0 N–H and O–H groups in total. The Morgan fingerprint density at radius 3 is 2.62 bits per heavy atom. The van der Waals surface area contributed by atoms with Gasteiger partial charge in [0.1, 0.15) is 15.4 Å². The summed E-state index contributed by atoms with van der Waals surface area (Å²) < 4.78 is 1.90. The van der Waals surface area contributed by atoms with Crippen LogP contribution in [0.5, 0.6) is 0 Å². The second kappa shape index (κ2) is 6.30. The van der Waals surface area contributed by atoms with Crippen molar-refractivity contribution < 1.29 is 0 Å². The molecule has 7 heteroatoms. The highest BCUT2D eigenvalue weighted by Crippen LogP contribution is 2.32. The molecule has 0 aliphatic heterocycles. The zero-order valence-corrected chi connectivity index (χ0v) is 16.0. The average Bonchev–Trinajstić information content (AvgIpc) is 2.95. The highest BCUT2D eigenvalue weighted by atomic mass is 35.5. The summed E-state index contributed by atoms with van der Waals surface area (Å²) in [5.74, 6) is 0.535. The zero-order valence-electron chi connectivity index (χ0n) is 14.4. The van der Waals surface area contributed by atoms with Crippen LogP contribution in [0.25, 0.3) is 20.4 Å². The number of benzene rings is 1. The van der Waals surface area contributed by atoms with Crippen LogP contribution in [0.4, 0.5) is 0 Å². The summed E-state index contributed by atoms with van der Waals surface area (Å²) in [7, 11) is 0. The largest absolute Gasteiger partial charge is 0.292 e. The molecule has 26 heavy (non-hydrogen) atoms. The number of thiophene rings is 1. The van der Waals surface area contributed by atoms with E-state index in [1.54, 1.807) is 25.3 Å². The second-order valence-electron chi connectivity index (χ2n) is 6.11. The molecule has 0 amide bonds. The van der Waals surface area contributed by atoms with Gasteiger partial charge in [0.2, 0.25) is 0 Å². The molecular formula is C19H15ClN4OS. The van der Waals surface area contributed by atoms with Crippen molar-refractivity contribution in [3.63, 3.8) is 0 Å². The van der Waals surface area contributed by atoms with E-state index in [-0.39, 0.29) is 5.56 Å². The highest BCUT2D eigenvalue weighted by Gasteiger charge is 2.16. The number of fused-ring (bicyclic) bond motifs is 3. The first kappa shape index (κ1) is 16.9. The standard InChI is InChI=1S/C19H15ClN4OS/c1-10-8-11(2)22-18-15(10)16-17(26-18)19(25)24(12(3)23-16)21-9-13-4-6-14(20)7-5-13/h4-9H,1-3H3/b21-9+. The lowest BCUT2D eigenvalue weighted by Crippen LogP contribution is -2.19. The number of pyridine rings is 1. The smallest absolute Gasteiger partial charge is 0.266 e. The van der Waals surface area contributed by atoms with Crippen molar-refractivity contribution >= 4 is 49.6 Å². The molecule has 0 aliphatic carbocycles. The number of rotatable bonds is 2. The first-order valence-electron chi connectivity index (χ1n) is 8.04. The van der Waals surface area contributed by atoms with E-state index < -0.39 is 0 Å². The molecule has 3 heterocycles. The van der Waals surface area contributed by atoms with Gasteiger partial charge in [-0.05, 0) is 50.1 Å². The van der Waals surface area contributed by atoms with Gasteiger partial charge in [-0.25, -0.2) is 9.97 Å². The minimum Gasteiger partial charge on any atom is -0.266 e. The summed E-state index contributed by atoms with van der Waals surface area (Å²) in [4.78, 5) is 23.0. The van der Waals surface area contributed by atoms with Crippen molar-refractivity contribution in [1.29, 1.82) is 0 Å². The number of halogens is 1. The van der Waals surface area contributed by atoms with Gasteiger partial charge in [-0.15, -0.1) is 11.3 Å². The summed E-state index contributed by atoms with van der Waals surface area (Å²) in [5.41, 5.74) is 3.38. The van der Waals surface area contributed by atoms with Crippen molar-refractivity contribution in [1.82, 2.24) is 14.6 Å². The minimum absolute atomic E-state index is 0.183. The average molecular weight is 383 g/mol. The van der Waals surface area contributed by atoms with Gasteiger partial charge >= 0.3 is 0 Å². The van der Waals surface area contributed by atoms with Gasteiger partial charge < -0.3 is 0 Å². The SMILES string of the molecule is Cc1cc(C)c2c(n1)sc1c(=O)n(/N=C/c3ccc(Cl)cc3)c(C)nc12. The molecule has 0 saturated carbocycles. The molecule has 4 aromatic rings. The van der Waals surface area contributed by atoms with E-state index in [0.717, 1.165) is 27.0 Å². The second-order valence-corrected chi connectivity index (χ2v) is 7.55. The third-order valence-electron chi connectivity index (χ3n) is 4.12. The lowest BCUT2D eigenvalue weighted by molar-refractivity contribution is 0.773. The molecule has 4 rings (SSSR count). The van der Waals surface area contributed by atoms with E-state index in [1.807, 2.05) is 32.0 Å². The number of nitrogens with zero attached hydrogens (tertiary/aromatic N) is 4. The normalized spacial score (nSPS) is 11.8. The fourth-order valence-corrected chi connectivity index (χ4v) is 4.22. The maximum Gasteiger partial charge on any atom is 0.292 e. The molecular weight excluding hydrogens is 368 g/mol. The first-order valence-corrected chi connectivity index (χ1v) is 9.23. The van der Waals surface area contributed by atoms with E-state index in [4.69, 9.17) is 11.6 Å². The number of hydrogen-bond donors (Lipinski definition) is 0. The van der Waals surface area contributed by atoms with Gasteiger partial charge in [-0.1, -0.05) is 23.7 Å². The van der Waals surface area contributed by atoms with Crippen LogP contribution in [-0.4, -0.2) is 20.9 Å². The van der Waals surface area contributed by atoms with Crippen molar-refractivity contribution in [3.05, 3.63) is 68.4 Å². The third-order valence-corrected chi connectivity index (χ3v) is 5.43. The Morgan fingerprint density at radius 1 is 1.15 bits per heavy atom. The van der Waals surface area contributed by atoms with E-state index in [1.165, 1.54) is 16.0 Å². The molecule has 0 atom stereocenters. The molecule has 1 aromatic carbocycles.